The fourth-order valence-corrected chi connectivity index (χ4v) is 0.657. The van der Waals surface area contributed by atoms with Crippen molar-refractivity contribution in [3.8, 4) is 0 Å². The molecule has 0 aromatic heterocycles. The number of carbonyl (C=O) groups is 1. The van der Waals surface area contributed by atoms with Crippen molar-refractivity contribution in [2.75, 3.05) is 6.61 Å². The summed E-state index contributed by atoms with van der Waals surface area (Å²) < 4.78 is 5.14. The molecule has 0 amide bonds. The van der Waals surface area contributed by atoms with Gasteiger partial charge >= 0.3 is 5.97 Å². The predicted octanol–water partition coefficient (Wildman–Crippen LogP) is 1.44. The number of hydrogen-bond donors (Lipinski definition) is 1. The minimum absolute atomic E-state index is 0.0666. The third kappa shape index (κ3) is 7.06. The molecule has 0 aromatic rings. The van der Waals surface area contributed by atoms with Crippen LogP contribution in [0.3, 0.4) is 0 Å². The molecule has 0 radical (unpaired) electrons. The van der Waals surface area contributed by atoms with Crippen LogP contribution in [0.5, 0.6) is 0 Å². The first kappa shape index (κ1) is 10.2. The van der Waals surface area contributed by atoms with Crippen molar-refractivity contribution in [3.63, 3.8) is 0 Å². The van der Waals surface area contributed by atoms with Crippen LogP contribution in [-0.2, 0) is 9.53 Å². The second-order valence-electron chi connectivity index (χ2n) is 2.36. The maximum absolute atomic E-state index is 10.1. The fraction of sp³-hybridized carbons (Fsp3) is 0.625. The van der Waals surface area contributed by atoms with E-state index in [4.69, 9.17) is 9.84 Å². The van der Waals surface area contributed by atoms with Crippen LogP contribution < -0.4 is 0 Å². The second kappa shape index (κ2) is 5.92. The Morgan fingerprint density at radius 2 is 2.45 bits per heavy atom. The molecule has 0 spiro atoms. The van der Waals surface area contributed by atoms with E-state index in [0.29, 0.717) is 6.61 Å². The van der Waals surface area contributed by atoms with Crippen molar-refractivity contribution in [1.29, 1.82) is 0 Å². The zero-order valence-electron chi connectivity index (χ0n) is 6.75. The molecular weight excluding hydrogens is 144 g/mol. The lowest BCUT2D eigenvalue weighted by molar-refractivity contribution is -0.139. The number of aliphatic carboxylic acids is 1. The van der Waals surface area contributed by atoms with Crippen molar-refractivity contribution in [1.82, 2.24) is 0 Å². The van der Waals surface area contributed by atoms with Crippen molar-refractivity contribution in [2.24, 2.45) is 0 Å². The summed E-state index contributed by atoms with van der Waals surface area (Å²) in [6, 6.07) is 0. The Balaban J connectivity index is 3.28. The van der Waals surface area contributed by atoms with Crippen LogP contribution in [0.1, 0.15) is 19.8 Å². The van der Waals surface area contributed by atoms with Gasteiger partial charge in [-0.05, 0) is 13.3 Å². The molecule has 1 atom stereocenters. The summed E-state index contributed by atoms with van der Waals surface area (Å²) >= 11 is 0. The maximum atomic E-state index is 10.1. The van der Waals surface area contributed by atoms with Gasteiger partial charge in [0.1, 0.15) is 0 Å². The number of hydrogen-bond acceptors (Lipinski definition) is 2. The number of ether oxygens (including phenoxy) is 1. The number of rotatable bonds is 6. The minimum atomic E-state index is -0.823. The third-order valence-corrected chi connectivity index (χ3v) is 1.19. The van der Waals surface area contributed by atoms with E-state index in [9.17, 15) is 4.79 Å². The molecule has 0 saturated carbocycles. The highest BCUT2D eigenvalue weighted by atomic mass is 16.5. The van der Waals surface area contributed by atoms with Crippen molar-refractivity contribution in [3.05, 3.63) is 12.7 Å². The zero-order valence-corrected chi connectivity index (χ0v) is 6.75. The Hall–Kier alpha value is -0.830. The molecule has 0 saturated heterocycles. The van der Waals surface area contributed by atoms with Crippen molar-refractivity contribution in [2.45, 2.75) is 25.9 Å². The molecular formula is C8H14O3. The van der Waals surface area contributed by atoms with E-state index < -0.39 is 5.97 Å². The van der Waals surface area contributed by atoms with E-state index in [1.54, 1.807) is 13.0 Å². The molecule has 0 aliphatic heterocycles. The van der Waals surface area contributed by atoms with Crippen LogP contribution in [0, 0.1) is 0 Å². The number of carboxylic acid groups (broad SMARTS) is 1. The van der Waals surface area contributed by atoms with Gasteiger partial charge in [0.25, 0.3) is 0 Å². The van der Waals surface area contributed by atoms with E-state index in [1.807, 2.05) is 0 Å². The summed E-state index contributed by atoms with van der Waals surface area (Å²) in [6.45, 7) is 5.82. The molecule has 3 nitrogen and oxygen atoms in total. The fourth-order valence-electron chi connectivity index (χ4n) is 0.657. The molecule has 0 fully saturated rings. The van der Waals surface area contributed by atoms with Crippen molar-refractivity contribution < 1.29 is 14.6 Å². The van der Waals surface area contributed by atoms with Crippen LogP contribution in [-0.4, -0.2) is 23.8 Å². The van der Waals surface area contributed by atoms with Gasteiger partial charge in [0.2, 0.25) is 0 Å². The Kier molecular flexibility index (Phi) is 5.47. The monoisotopic (exact) mass is 158 g/mol. The van der Waals surface area contributed by atoms with Gasteiger partial charge in [-0.3, -0.25) is 4.79 Å². The summed E-state index contributed by atoms with van der Waals surface area (Å²) in [7, 11) is 0. The highest BCUT2D eigenvalue weighted by molar-refractivity contribution is 5.67. The number of carboxylic acids is 1. The lowest BCUT2D eigenvalue weighted by Gasteiger charge is -2.08. The Morgan fingerprint density at radius 3 is 2.91 bits per heavy atom. The van der Waals surface area contributed by atoms with Crippen LogP contribution in [0.2, 0.25) is 0 Å². The van der Waals surface area contributed by atoms with E-state index >= 15 is 0 Å². The summed E-state index contributed by atoms with van der Waals surface area (Å²) in [6.07, 6.45) is 2.38. The van der Waals surface area contributed by atoms with Gasteiger partial charge in [-0.2, -0.15) is 0 Å². The summed E-state index contributed by atoms with van der Waals surface area (Å²) in [4.78, 5) is 10.1. The van der Waals surface area contributed by atoms with Gasteiger partial charge in [-0.1, -0.05) is 6.08 Å². The highest BCUT2D eigenvalue weighted by Crippen LogP contribution is 1.97. The molecule has 64 valence electrons. The van der Waals surface area contributed by atoms with Gasteiger partial charge < -0.3 is 9.84 Å². The topological polar surface area (TPSA) is 46.5 Å². The quantitative estimate of drug-likeness (QED) is 0.470. The summed E-state index contributed by atoms with van der Waals surface area (Å²) in [5.41, 5.74) is 0. The molecule has 3 heteroatoms. The molecule has 0 heterocycles. The van der Waals surface area contributed by atoms with Gasteiger partial charge in [0.05, 0.1) is 19.1 Å². The SMILES string of the molecule is C=CCCO[C@@H](C)CC(=O)O. The van der Waals surface area contributed by atoms with E-state index in [0.717, 1.165) is 6.42 Å². The molecule has 0 bridgehead atoms. The molecule has 0 aliphatic carbocycles. The second-order valence-corrected chi connectivity index (χ2v) is 2.36. The molecule has 0 aliphatic rings. The summed E-state index contributed by atoms with van der Waals surface area (Å²) in [5, 5.41) is 8.34. The Labute approximate surface area is 66.7 Å². The molecule has 0 rings (SSSR count). The van der Waals surface area contributed by atoms with Gasteiger partial charge in [0, 0.05) is 0 Å². The smallest absolute Gasteiger partial charge is 0.305 e. The maximum Gasteiger partial charge on any atom is 0.305 e. The van der Waals surface area contributed by atoms with E-state index in [-0.39, 0.29) is 12.5 Å². The van der Waals surface area contributed by atoms with Crippen LogP contribution >= 0.6 is 0 Å². The van der Waals surface area contributed by atoms with Gasteiger partial charge in [0.15, 0.2) is 0 Å². The average molecular weight is 158 g/mol. The molecule has 0 aromatic carbocycles. The first-order chi connectivity index (χ1) is 5.16. The van der Waals surface area contributed by atoms with Gasteiger partial charge in [-0.15, -0.1) is 6.58 Å². The predicted molar refractivity (Wildman–Crippen MR) is 42.5 cm³/mol. The summed E-state index contributed by atoms with van der Waals surface area (Å²) in [5.74, 6) is -0.823. The molecule has 1 N–H and O–H groups in total. The molecule has 0 unspecified atom stereocenters. The Morgan fingerprint density at radius 1 is 1.82 bits per heavy atom. The standard InChI is InChI=1S/C8H14O3/c1-3-4-5-11-7(2)6-8(9)10/h3,7H,1,4-6H2,2H3,(H,9,10)/t7-/m0/s1. The minimum Gasteiger partial charge on any atom is -0.481 e. The largest absolute Gasteiger partial charge is 0.481 e. The normalized spacial score (nSPS) is 12.5. The Bertz CT molecular complexity index is 131. The van der Waals surface area contributed by atoms with Crippen LogP contribution in [0.25, 0.3) is 0 Å². The highest BCUT2D eigenvalue weighted by Gasteiger charge is 2.05. The van der Waals surface area contributed by atoms with E-state index in [2.05, 4.69) is 6.58 Å². The van der Waals surface area contributed by atoms with Crippen LogP contribution in [0.4, 0.5) is 0 Å². The zero-order chi connectivity index (χ0) is 8.69. The van der Waals surface area contributed by atoms with Crippen LogP contribution in [0.15, 0.2) is 12.7 Å². The first-order valence-corrected chi connectivity index (χ1v) is 3.61. The third-order valence-electron chi connectivity index (χ3n) is 1.19. The lowest BCUT2D eigenvalue weighted by Crippen LogP contribution is -2.13. The van der Waals surface area contributed by atoms with E-state index in [1.165, 1.54) is 0 Å². The van der Waals surface area contributed by atoms with Gasteiger partial charge in [-0.25, -0.2) is 0 Å². The van der Waals surface area contributed by atoms with Crippen molar-refractivity contribution >= 4 is 5.97 Å². The molecule has 11 heavy (non-hydrogen) atoms. The lowest BCUT2D eigenvalue weighted by atomic mass is 10.3. The average Bonchev–Trinajstić information content (AvgIpc) is 1.86. The first-order valence-electron chi connectivity index (χ1n) is 3.61.